The lowest BCUT2D eigenvalue weighted by molar-refractivity contribution is -0.111. The largest absolute Gasteiger partial charge is 0.371 e. The predicted octanol–water partition coefficient (Wildman–Crippen LogP) is 3.94. The summed E-state index contributed by atoms with van der Waals surface area (Å²) in [7, 11) is 0. The highest BCUT2D eigenvalue weighted by molar-refractivity contribution is 6.02. The van der Waals surface area contributed by atoms with Crippen LogP contribution in [0.4, 0.5) is 11.4 Å². The van der Waals surface area contributed by atoms with Gasteiger partial charge >= 0.3 is 0 Å². The molecule has 0 radical (unpaired) electrons. The summed E-state index contributed by atoms with van der Waals surface area (Å²) in [6, 6.07) is 17.9. The molecule has 3 heteroatoms. The molecule has 0 aliphatic carbocycles. The summed E-state index contributed by atoms with van der Waals surface area (Å²) >= 11 is 0. The molecule has 1 aliphatic rings. The molecule has 3 rings (SSSR count). The van der Waals surface area contributed by atoms with Gasteiger partial charge in [-0.1, -0.05) is 36.4 Å². The number of amides is 1. The molecule has 0 unspecified atom stereocenters. The van der Waals surface area contributed by atoms with Gasteiger partial charge in [0, 0.05) is 30.5 Å². The smallest absolute Gasteiger partial charge is 0.248 e. The number of nitrogens with one attached hydrogen (secondary N) is 1. The van der Waals surface area contributed by atoms with Crippen LogP contribution in [-0.2, 0) is 4.79 Å². The first-order chi connectivity index (χ1) is 10.8. The van der Waals surface area contributed by atoms with Gasteiger partial charge in [0.25, 0.3) is 0 Å². The third-order valence-corrected chi connectivity index (χ3v) is 3.81. The quantitative estimate of drug-likeness (QED) is 0.866. The molecule has 0 atom stereocenters. The molecule has 1 heterocycles. The molecule has 1 aliphatic heterocycles. The predicted molar refractivity (Wildman–Crippen MR) is 92.0 cm³/mol. The minimum atomic E-state index is -0.109. The van der Waals surface area contributed by atoms with Crippen molar-refractivity contribution in [3.63, 3.8) is 0 Å². The highest BCUT2D eigenvalue weighted by Gasteiger charge is 2.12. The van der Waals surface area contributed by atoms with E-state index in [4.69, 9.17) is 0 Å². The SMILES string of the molecule is O=C(C=Cc1ccccc1)Nc1cccc(N2CCCC2)c1. The Bertz CT molecular complexity index is 658. The van der Waals surface area contributed by atoms with Crippen LogP contribution in [0, 0.1) is 0 Å². The second kappa shape index (κ2) is 6.94. The van der Waals surface area contributed by atoms with Gasteiger partial charge in [0.2, 0.25) is 5.91 Å². The number of carbonyl (C=O) groups excluding carboxylic acids is 1. The van der Waals surface area contributed by atoms with Crippen molar-refractivity contribution in [3.05, 3.63) is 66.2 Å². The summed E-state index contributed by atoms with van der Waals surface area (Å²) in [5.74, 6) is -0.109. The van der Waals surface area contributed by atoms with Gasteiger partial charge in [-0.05, 0) is 42.7 Å². The van der Waals surface area contributed by atoms with E-state index in [-0.39, 0.29) is 5.91 Å². The molecule has 112 valence electrons. The zero-order valence-electron chi connectivity index (χ0n) is 12.5. The van der Waals surface area contributed by atoms with Crippen LogP contribution in [0.3, 0.4) is 0 Å². The summed E-state index contributed by atoms with van der Waals surface area (Å²) in [4.78, 5) is 14.4. The van der Waals surface area contributed by atoms with E-state index in [1.54, 1.807) is 6.08 Å². The third kappa shape index (κ3) is 3.76. The number of nitrogens with zero attached hydrogens (tertiary/aromatic N) is 1. The monoisotopic (exact) mass is 292 g/mol. The minimum Gasteiger partial charge on any atom is -0.371 e. The maximum Gasteiger partial charge on any atom is 0.248 e. The maximum atomic E-state index is 12.0. The standard InChI is InChI=1S/C19H20N2O/c22-19(12-11-16-7-2-1-3-8-16)20-17-9-6-10-18(15-17)21-13-4-5-14-21/h1-3,6-12,15H,4-5,13-14H2,(H,20,22). The lowest BCUT2D eigenvalue weighted by Gasteiger charge is -2.18. The van der Waals surface area contributed by atoms with Gasteiger partial charge in [-0.2, -0.15) is 0 Å². The van der Waals surface area contributed by atoms with Gasteiger partial charge in [-0.25, -0.2) is 0 Å². The van der Waals surface area contributed by atoms with E-state index < -0.39 is 0 Å². The summed E-state index contributed by atoms with van der Waals surface area (Å²) in [5.41, 5.74) is 3.04. The number of anilines is 2. The van der Waals surface area contributed by atoms with Gasteiger partial charge in [0.15, 0.2) is 0 Å². The molecular formula is C19H20N2O. The number of benzene rings is 2. The molecule has 2 aromatic carbocycles. The first kappa shape index (κ1) is 14.4. The van der Waals surface area contributed by atoms with Crippen LogP contribution < -0.4 is 10.2 Å². The number of rotatable bonds is 4. The van der Waals surface area contributed by atoms with Crippen molar-refractivity contribution in [2.75, 3.05) is 23.3 Å². The summed E-state index contributed by atoms with van der Waals surface area (Å²) in [6.07, 6.45) is 5.88. The molecule has 1 amide bonds. The van der Waals surface area contributed by atoms with Crippen molar-refractivity contribution in [1.82, 2.24) is 0 Å². The molecule has 22 heavy (non-hydrogen) atoms. The second-order valence-electron chi connectivity index (χ2n) is 5.48. The maximum absolute atomic E-state index is 12.0. The van der Waals surface area contributed by atoms with Crippen molar-refractivity contribution < 1.29 is 4.79 Å². The molecule has 0 bridgehead atoms. The molecule has 0 spiro atoms. The highest BCUT2D eigenvalue weighted by atomic mass is 16.1. The Labute approximate surface area is 131 Å². The Morgan fingerprint density at radius 1 is 1.00 bits per heavy atom. The first-order valence-corrected chi connectivity index (χ1v) is 7.70. The van der Waals surface area contributed by atoms with E-state index >= 15 is 0 Å². The fraction of sp³-hybridized carbons (Fsp3) is 0.211. The minimum absolute atomic E-state index is 0.109. The van der Waals surface area contributed by atoms with Crippen molar-refractivity contribution in [1.29, 1.82) is 0 Å². The fourth-order valence-corrected chi connectivity index (χ4v) is 2.68. The van der Waals surface area contributed by atoms with Crippen LogP contribution >= 0.6 is 0 Å². The Balaban J connectivity index is 1.64. The lowest BCUT2D eigenvalue weighted by Crippen LogP contribution is -2.17. The van der Waals surface area contributed by atoms with Crippen LogP contribution in [0.2, 0.25) is 0 Å². The highest BCUT2D eigenvalue weighted by Crippen LogP contribution is 2.23. The zero-order valence-corrected chi connectivity index (χ0v) is 12.5. The fourth-order valence-electron chi connectivity index (χ4n) is 2.68. The first-order valence-electron chi connectivity index (χ1n) is 7.70. The molecule has 0 aromatic heterocycles. The van der Waals surface area contributed by atoms with Gasteiger partial charge in [0.1, 0.15) is 0 Å². The molecule has 0 saturated carbocycles. The third-order valence-electron chi connectivity index (χ3n) is 3.81. The summed E-state index contributed by atoms with van der Waals surface area (Å²) in [5, 5.41) is 2.92. The van der Waals surface area contributed by atoms with E-state index in [1.165, 1.54) is 18.5 Å². The topological polar surface area (TPSA) is 32.3 Å². The van der Waals surface area contributed by atoms with E-state index in [2.05, 4.69) is 16.3 Å². The number of hydrogen-bond donors (Lipinski definition) is 1. The number of carbonyl (C=O) groups is 1. The Morgan fingerprint density at radius 3 is 2.55 bits per heavy atom. The van der Waals surface area contributed by atoms with Crippen LogP contribution in [0.1, 0.15) is 18.4 Å². The zero-order chi connectivity index (χ0) is 15.2. The van der Waals surface area contributed by atoms with Gasteiger partial charge in [-0.3, -0.25) is 4.79 Å². The molecule has 2 aromatic rings. The number of hydrogen-bond acceptors (Lipinski definition) is 2. The average Bonchev–Trinajstić information content (AvgIpc) is 3.09. The van der Waals surface area contributed by atoms with Crippen molar-refractivity contribution in [2.45, 2.75) is 12.8 Å². The van der Waals surface area contributed by atoms with E-state index in [9.17, 15) is 4.79 Å². The van der Waals surface area contributed by atoms with E-state index in [0.29, 0.717) is 0 Å². The molecule has 1 fully saturated rings. The van der Waals surface area contributed by atoms with Crippen LogP contribution in [0.15, 0.2) is 60.7 Å². The van der Waals surface area contributed by atoms with Crippen LogP contribution in [0.5, 0.6) is 0 Å². The van der Waals surface area contributed by atoms with Gasteiger partial charge < -0.3 is 10.2 Å². The average molecular weight is 292 g/mol. The van der Waals surface area contributed by atoms with Gasteiger partial charge in [0.05, 0.1) is 0 Å². The molecule has 3 nitrogen and oxygen atoms in total. The van der Waals surface area contributed by atoms with Crippen molar-refractivity contribution >= 4 is 23.4 Å². The summed E-state index contributed by atoms with van der Waals surface area (Å²) < 4.78 is 0. The van der Waals surface area contributed by atoms with Crippen LogP contribution in [-0.4, -0.2) is 19.0 Å². The molecule has 1 N–H and O–H groups in total. The molecular weight excluding hydrogens is 272 g/mol. The van der Waals surface area contributed by atoms with Crippen molar-refractivity contribution in [3.8, 4) is 0 Å². The Kier molecular flexibility index (Phi) is 4.54. The van der Waals surface area contributed by atoms with E-state index in [1.807, 2.05) is 54.6 Å². The van der Waals surface area contributed by atoms with Crippen molar-refractivity contribution in [2.24, 2.45) is 0 Å². The van der Waals surface area contributed by atoms with E-state index in [0.717, 1.165) is 24.3 Å². The lowest BCUT2D eigenvalue weighted by atomic mass is 10.2. The van der Waals surface area contributed by atoms with Gasteiger partial charge in [-0.15, -0.1) is 0 Å². The van der Waals surface area contributed by atoms with Crippen LogP contribution in [0.25, 0.3) is 6.08 Å². The second-order valence-corrected chi connectivity index (χ2v) is 5.48. The normalized spacial score (nSPS) is 14.5. The molecule has 1 saturated heterocycles. The Morgan fingerprint density at radius 2 is 1.77 bits per heavy atom. The summed E-state index contributed by atoms with van der Waals surface area (Å²) in [6.45, 7) is 2.20. The Hall–Kier alpha value is -2.55.